The number of nitrogens with zero attached hydrogens (tertiary/aromatic N) is 7. The Morgan fingerprint density at radius 2 is 1.74 bits per heavy atom. The molecule has 3 aromatic heterocycles. The van der Waals surface area contributed by atoms with E-state index in [1.54, 1.807) is 0 Å². The maximum absolute atomic E-state index is 13.0. The zero-order chi connectivity index (χ0) is 29.9. The van der Waals surface area contributed by atoms with Gasteiger partial charge in [-0.05, 0) is 0 Å². The topological polar surface area (TPSA) is 319 Å². The Morgan fingerprint density at radius 3 is 2.50 bits per heavy atom. The van der Waals surface area contributed by atoms with Gasteiger partial charge < -0.3 is 57.3 Å². The van der Waals surface area contributed by atoms with Crippen molar-refractivity contribution in [3.05, 3.63) is 24.7 Å². The van der Waals surface area contributed by atoms with Crippen LogP contribution in [0, 0.1) is 0 Å². The lowest BCUT2D eigenvalue weighted by atomic mass is 10.1. The number of nitrogen functional groups attached to an aromatic ring is 1. The van der Waals surface area contributed by atoms with Crippen LogP contribution in [0.4, 0.5) is 11.6 Å². The third kappa shape index (κ3) is 4.89. The van der Waals surface area contributed by atoms with Gasteiger partial charge in [-0.2, -0.15) is 4.99 Å². The summed E-state index contributed by atoms with van der Waals surface area (Å²) in [5, 5.41) is 44.3. The van der Waals surface area contributed by atoms with Gasteiger partial charge in [0.05, 0.1) is 25.9 Å². The number of aromatic nitrogens is 6. The number of phosphoric acid groups is 1. The second-order valence-corrected chi connectivity index (χ2v) is 11.1. The van der Waals surface area contributed by atoms with Crippen molar-refractivity contribution in [1.29, 1.82) is 0 Å². The molecule has 6 rings (SSSR count). The first kappa shape index (κ1) is 28.8. The van der Waals surface area contributed by atoms with Crippen molar-refractivity contribution < 1.29 is 48.4 Å². The van der Waals surface area contributed by atoms with Gasteiger partial charge in [-0.25, -0.2) is 24.5 Å². The highest BCUT2D eigenvalue weighted by Gasteiger charge is 2.51. The van der Waals surface area contributed by atoms with E-state index in [0.29, 0.717) is 0 Å². The first-order chi connectivity index (χ1) is 20.0. The molecule has 3 aliphatic heterocycles. The third-order valence-electron chi connectivity index (χ3n) is 7.04. The minimum Gasteiger partial charge on any atom is -0.394 e. The first-order valence-corrected chi connectivity index (χ1v) is 14.0. The van der Waals surface area contributed by atoms with Crippen molar-refractivity contribution in [2.24, 2.45) is 16.5 Å². The second kappa shape index (κ2) is 10.7. The molecule has 0 radical (unpaired) electrons. The maximum Gasteiger partial charge on any atom is 0.472 e. The molecule has 0 amide bonds. The average Bonchev–Trinajstić information content (AvgIpc) is 3.69. The number of imidazole rings is 2. The van der Waals surface area contributed by atoms with Crippen molar-refractivity contribution in [3.63, 3.8) is 0 Å². The van der Waals surface area contributed by atoms with Crippen LogP contribution in [0.5, 0.6) is 0 Å². The number of aliphatic hydroxyl groups excluding tert-OH is 4. The van der Waals surface area contributed by atoms with Gasteiger partial charge in [-0.3, -0.25) is 18.2 Å². The monoisotopic (exact) mass is 613 g/mol. The molecule has 3 aromatic rings. The second-order valence-electron chi connectivity index (χ2n) is 9.68. The zero-order valence-electron chi connectivity index (χ0n) is 21.4. The van der Waals surface area contributed by atoms with Gasteiger partial charge in [-0.1, -0.05) is 0 Å². The van der Waals surface area contributed by atoms with Gasteiger partial charge in [0.25, 0.3) is 0 Å². The molecule has 2 saturated heterocycles. The van der Waals surface area contributed by atoms with Crippen LogP contribution in [-0.4, -0.2) is 110 Å². The Morgan fingerprint density at radius 1 is 1.00 bits per heavy atom. The Hall–Kier alpha value is -3.34. The van der Waals surface area contributed by atoms with Crippen molar-refractivity contribution in [3.8, 4) is 0 Å². The molecule has 2 unspecified atom stereocenters. The molecule has 10 atom stereocenters. The van der Waals surface area contributed by atoms with Gasteiger partial charge in [0.1, 0.15) is 60.3 Å². The SMILES string of the molecule is NC1=Nc2c(ncn2[C@@H]2O[C@H](CO)[C@@H](O)[C@H]2OP(=O)(O)OC[C@H]2O[C@@H](n3cnc4c(N)ncnc43)[C@H](O)[C@@H]2O)C(N)N1. The normalized spacial score (nSPS) is 34.2. The average molecular weight is 613 g/mol. The minimum atomic E-state index is -5.01. The zero-order valence-corrected chi connectivity index (χ0v) is 22.3. The molecule has 0 aliphatic carbocycles. The summed E-state index contributed by atoms with van der Waals surface area (Å²) in [6.45, 7) is -1.37. The highest BCUT2D eigenvalue weighted by molar-refractivity contribution is 7.47. The van der Waals surface area contributed by atoms with Crippen molar-refractivity contribution in [2.45, 2.75) is 55.2 Å². The van der Waals surface area contributed by atoms with E-state index in [-0.39, 0.29) is 34.5 Å². The number of guanidine groups is 1. The number of aliphatic imine (C=N–C) groups is 1. The summed E-state index contributed by atoms with van der Waals surface area (Å²) in [5.74, 6) is 0.201. The van der Waals surface area contributed by atoms with E-state index in [9.17, 15) is 29.9 Å². The van der Waals surface area contributed by atoms with Crippen LogP contribution in [-0.2, 0) is 23.1 Å². The number of anilines is 1. The van der Waals surface area contributed by atoms with Crippen molar-refractivity contribution in [2.75, 3.05) is 18.9 Å². The standard InChI is InChI=1S/C20H28N11O10P/c21-14-8-16(25-3-24-14)30(4-26-8)18-12(35)10(33)7(40-18)2-38-42(36,37)41-13-11(34)6(1-32)39-19(13)31-5-27-9-15(22)28-20(23)29-17(9)31/h3-7,10-13,15,18-19,32-35H,1-2,22H2,(H,36,37)(H2,21,24,25)(H3,23,28,29)/t6-,7-,10-,11-,12-,13-,15?,18-,19-/m1/s1. The number of nitrogens with one attached hydrogen (secondary N) is 1. The van der Waals surface area contributed by atoms with Crippen molar-refractivity contribution in [1.82, 2.24) is 34.4 Å². The van der Waals surface area contributed by atoms with Crippen LogP contribution in [0.25, 0.3) is 11.2 Å². The Kier molecular flexibility index (Phi) is 7.35. The molecule has 22 heteroatoms. The maximum atomic E-state index is 13.0. The quantitative estimate of drug-likeness (QED) is 0.110. The molecule has 6 heterocycles. The number of fused-ring (bicyclic) bond motifs is 2. The molecule has 0 bridgehead atoms. The van der Waals surface area contributed by atoms with E-state index >= 15 is 0 Å². The first-order valence-electron chi connectivity index (χ1n) is 12.5. The van der Waals surface area contributed by atoms with Gasteiger partial charge >= 0.3 is 7.82 Å². The Bertz CT molecular complexity index is 1550. The van der Waals surface area contributed by atoms with Crippen LogP contribution in [0.3, 0.4) is 0 Å². The van der Waals surface area contributed by atoms with E-state index in [2.05, 4.69) is 30.2 Å². The summed E-state index contributed by atoms with van der Waals surface area (Å²) in [6, 6.07) is 0. The molecule has 0 spiro atoms. The van der Waals surface area contributed by atoms with Crippen LogP contribution < -0.4 is 22.5 Å². The summed E-state index contributed by atoms with van der Waals surface area (Å²) in [4.78, 5) is 30.9. The van der Waals surface area contributed by atoms with Crippen LogP contribution >= 0.6 is 7.82 Å². The predicted molar refractivity (Wildman–Crippen MR) is 137 cm³/mol. The highest BCUT2D eigenvalue weighted by atomic mass is 31.2. The van der Waals surface area contributed by atoms with E-state index in [1.165, 1.54) is 28.1 Å². The van der Waals surface area contributed by atoms with Gasteiger partial charge in [0, 0.05) is 0 Å². The van der Waals surface area contributed by atoms with Crippen molar-refractivity contribution >= 4 is 36.6 Å². The third-order valence-corrected chi connectivity index (χ3v) is 8.03. The number of phosphoric ester groups is 1. The van der Waals surface area contributed by atoms with Crippen LogP contribution in [0.1, 0.15) is 24.3 Å². The van der Waals surface area contributed by atoms with Gasteiger partial charge in [-0.15, -0.1) is 0 Å². The summed E-state index contributed by atoms with van der Waals surface area (Å²) < 4.78 is 37.4. The largest absolute Gasteiger partial charge is 0.472 e. The summed E-state index contributed by atoms with van der Waals surface area (Å²) in [7, 11) is -5.01. The lowest BCUT2D eigenvalue weighted by Crippen LogP contribution is -2.41. The lowest BCUT2D eigenvalue weighted by molar-refractivity contribution is -0.0620. The number of nitrogens with two attached hydrogens (primary N) is 3. The summed E-state index contributed by atoms with van der Waals surface area (Å²) in [5.41, 5.74) is 18.3. The molecule has 0 aromatic carbocycles. The number of hydrogen-bond acceptors (Lipinski definition) is 18. The lowest BCUT2D eigenvalue weighted by Gasteiger charge is -2.26. The van der Waals surface area contributed by atoms with Gasteiger partial charge in [0.15, 0.2) is 35.7 Å². The molecule has 3 aliphatic rings. The number of hydrogen-bond donors (Lipinski definition) is 9. The minimum absolute atomic E-state index is 0.0298. The highest BCUT2D eigenvalue weighted by Crippen LogP contribution is 2.50. The van der Waals surface area contributed by atoms with Gasteiger partial charge in [0.2, 0.25) is 0 Å². The Labute approximate surface area is 235 Å². The van der Waals surface area contributed by atoms with E-state index < -0.39 is 76.3 Å². The van der Waals surface area contributed by atoms with E-state index in [1.807, 2.05) is 0 Å². The Balaban J connectivity index is 1.17. The number of ether oxygens (including phenoxy) is 2. The molecule has 228 valence electrons. The van der Waals surface area contributed by atoms with Crippen LogP contribution in [0.15, 0.2) is 24.0 Å². The molecule has 42 heavy (non-hydrogen) atoms. The fraction of sp³-hybridized carbons (Fsp3) is 0.550. The molecule has 21 nitrogen and oxygen atoms in total. The molecular weight excluding hydrogens is 585 g/mol. The van der Waals surface area contributed by atoms with E-state index in [4.69, 9.17) is 35.7 Å². The van der Waals surface area contributed by atoms with Crippen LogP contribution in [0.2, 0.25) is 0 Å². The fourth-order valence-corrected chi connectivity index (χ4v) is 5.91. The fourth-order valence-electron chi connectivity index (χ4n) is 4.98. The van der Waals surface area contributed by atoms with E-state index in [0.717, 1.165) is 0 Å². The number of rotatable bonds is 8. The summed E-state index contributed by atoms with van der Waals surface area (Å²) >= 11 is 0. The smallest absolute Gasteiger partial charge is 0.394 e. The molecular formula is C20H28N11O10P. The molecule has 0 saturated carbocycles. The predicted octanol–water partition coefficient (Wildman–Crippen LogP) is -3.82. The molecule has 2 fully saturated rings. The summed E-state index contributed by atoms with van der Waals surface area (Å²) in [6.07, 6.45) is -8.35. The number of aliphatic hydroxyl groups is 4. The molecule has 12 N–H and O–H groups in total.